The third-order valence-electron chi connectivity index (χ3n) is 2.27. The first-order valence-corrected chi connectivity index (χ1v) is 6.43. The summed E-state index contributed by atoms with van der Waals surface area (Å²) in [5.41, 5.74) is 0. The molecule has 0 aromatic heterocycles. The van der Waals surface area contributed by atoms with Crippen molar-refractivity contribution in [2.24, 2.45) is 0 Å². The molecular formula is C9H17NO2S. The number of hydrogen-bond donors (Lipinski definition) is 1. The second kappa shape index (κ2) is 4.24. The van der Waals surface area contributed by atoms with Gasteiger partial charge >= 0.3 is 0 Å². The first-order chi connectivity index (χ1) is 6.03. The summed E-state index contributed by atoms with van der Waals surface area (Å²) >= 11 is 0. The van der Waals surface area contributed by atoms with Crippen LogP contribution in [0.3, 0.4) is 0 Å². The predicted octanol–water partition coefficient (Wildman–Crippen LogP) is 0.728. The second-order valence-electron chi connectivity index (χ2n) is 3.69. The number of rotatable bonds is 4. The van der Waals surface area contributed by atoms with E-state index in [2.05, 4.69) is 11.9 Å². The van der Waals surface area contributed by atoms with Crippen molar-refractivity contribution in [1.82, 2.24) is 5.32 Å². The second-order valence-corrected chi connectivity index (χ2v) is 5.92. The first kappa shape index (κ1) is 10.7. The van der Waals surface area contributed by atoms with Gasteiger partial charge in [-0.25, -0.2) is 8.42 Å². The fourth-order valence-electron chi connectivity index (χ4n) is 1.65. The van der Waals surface area contributed by atoms with Crippen molar-refractivity contribution in [2.75, 3.05) is 11.5 Å². The molecule has 2 atom stereocenters. The van der Waals surface area contributed by atoms with Gasteiger partial charge in [-0.15, -0.1) is 6.58 Å². The Morgan fingerprint density at radius 2 is 2.38 bits per heavy atom. The number of sulfone groups is 1. The molecule has 1 N–H and O–H groups in total. The summed E-state index contributed by atoms with van der Waals surface area (Å²) in [5, 5.41) is 3.28. The highest BCUT2D eigenvalue weighted by Gasteiger charge is 2.28. The summed E-state index contributed by atoms with van der Waals surface area (Å²) in [5.74, 6) is 0.639. The quantitative estimate of drug-likeness (QED) is 0.685. The Hall–Kier alpha value is -0.350. The van der Waals surface area contributed by atoms with E-state index in [1.165, 1.54) is 0 Å². The lowest BCUT2D eigenvalue weighted by Gasteiger charge is -2.16. The molecule has 13 heavy (non-hydrogen) atoms. The molecule has 0 spiro atoms. The van der Waals surface area contributed by atoms with Crippen molar-refractivity contribution in [3.05, 3.63) is 12.7 Å². The third kappa shape index (κ3) is 3.48. The van der Waals surface area contributed by atoms with Crippen LogP contribution in [0.25, 0.3) is 0 Å². The zero-order valence-corrected chi connectivity index (χ0v) is 8.81. The molecule has 3 nitrogen and oxygen atoms in total. The highest BCUT2D eigenvalue weighted by molar-refractivity contribution is 7.91. The molecule has 76 valence electrons. The topological polar surface area (TPSA) is 46.2 Å². The normalized spacial score (nSPS) is 28.5. The minimum Gasteiger partial charge on any atom is -0.310 e. The van der Waals surface area contributed by atoms with Gasteiger partial charge < -0.3 is 5.32 Å². The molecule has 0 bridgehead atoms. The minimum absolute atomic E-state index is 0.153. The van der Waals surface area contributed by atoms with Crippen LogP contribution in [-0.4, -0.2) is 32.0 Å². The molecule has 1 saturated heterocycles. The molecule has 0 aliphatic carbocycles. The van der Waals surface area contributed by atoms with Gasteiger partial charge in [-0.05, 0) is 19.8 Å². The van der Waals surface area contributed by atoms with Crippen LogP contribution in [-0.2, 0) is 9.84 Å². The van der Waals surface area contributed by atoms with Crippen LogP contribution >= 0.6 is 0 Å². The first-order valence-electron chi connectivity index (χ1n) is 4.61. The van der Waals surface area contributed by atoms with Gasteiger partial charge in [-0.3, -0.25) is 0 Å². The summed E-state index contributed by atoms with van der Waals surface area (Å²) < 4.78 is 22.2. The zero-order valence-electron chi connectivity index (χ0n) is 7.99. The molecule has 2 unspecified atom stereocenters. The average Bonchev–Trinajstić information content (AvgIpc) is 2.30. The highest BCUT2D eigenvalue weighted by atomic mass is 32.2. The summed E-state index contributed by atoms with van der Waals surface area (Å²) in [4.78, 5) is 0. The van der Waals surface area contributed by atoms with Crippen LogP contribution in [0.2, 0.25) is 0 Å². The fourth-order valence-corrected chi connectivity index (χ4v) is 3.33. The van der Waals surface area contributed by atoms with Gasteiger partial charge in [-0.2, -0.15) is 0 Å². The summed E-state index contributed by atoms with van der Waals surface area (Å²) in [7, 11) is -2.74. The molecule has 1 aliphatic rings. The third-order valence-corrected chi connectivity index (χ3v) is 4.04. The van der Waals surface area contributed by atoms with Crippen LogP contribution in [0.1, 0.15) is 19.8 Å². The van der Waals surface area contributed by atoms with E-state index in [-0.39, 0.29) is 6.04 Å². The summed E-state index contributed by atoms with van der Waals surface area (Å²) in [6, 6.07) is 0.482. The Morgan fingerprint density at radius 3 is 2.85 bits per heavy atom. The van der Waals surface area contributed by atoms with Gasteiger partial charge in [0.15, 0.2) is 9.84 Å². The van der Waals surface area contributed by atoms with Gasteiger partial charge in [-0.1, -0.05) is 6.08 Å². The summed E-state index contributed by atoms with van der Waals surface area (Å²) in [6.45, 7) is 5.69. The maximum Gasteiger partial charge on any atom is 0.151 e. The largest absolute Gasteiger partial charge is 0.310 e. The molecule has 0 aromatic rings. The van der Waals surface area contributed by atoms with Gasteiger partial charge in [0.2, 0.25) is 0 Å². The Labute approximate surface area is 80.1 Å². The number of nitrogens with one attached hydrogen (secondary N) is 1. The molecule has 0 aromatic carbocycles. The van der Waals surface area contributed by atoms with E-state index in [0.29, 0.717) is 17.5 Å². The van der Waals surface area contributed by atoms with Crippen LogP contribution in [0.4, 0.5) is 0 Å². The lowest BCUT2D eigenvalue weighted by Crippen LogP contribution is -2.36. The van der Waals surface area contributed by atoms with Crippen LogP contribution in [0, 0.1) is 0 Å². The lowest BCUT2D eigenvalue weighted by atomic mass is 10.2. The van der Waals surface area contributed by atoms with Crippen LogP contribution in [0.5, 0.6) is 0 Å². The van der Waals surface area contributed by atoms with Gasteiger partial charge in [0.25, 0.3) is 0 Å². The van der Waals surface area contributed by atoms with E-state index in [0.717, 1.165) is 12.8 Å². The van der Waals surface area contributed by atoms with Crippen molar-refractivity contribution in [3.8, 4) is 0 Å². The van der Waals surface area contributed by atoms with Gasteiger partial charge in [0, 0.05) is 12.1 Å². The molecule has 1 fully saturated rings. The van der Waals surface area contributed by atoms with E-state index in [9.17, 15) is 8.42 Å². The average molecular weight is 203 g/mol. The predicted molar refractivity (Wildman–Crippen MR) is 54.5 cm³/mol. The SMILES string of the molecule is C=CCC(C)NC1CCS(=O)(=O)C1. The van der Waals surface area contributed by atoms with Crippen molar-refractivity contribution in [2.45, 2.75) is 31.8 Å². The van der Waals surface area contributed by atoms with Crippen molar-refractivity contribution in [1.29, 1.82) is 0 Å². The maximum absolute atomic E-state index is 11.1. The standard InChI is InChI=1S/C9H17NO2S/c1-3-4-8(2)10-9-5-6-13(11,12)7-9/h3,8-10H,1,4-7H2,2H3. The molecule has 0 radical (unpaired) electrons. The van der Waals surface area contributed by atoms with Crippen molar-refractivity contribution < 1.29 is 8.42 Å². The summed E-state index contributed by atoms with van der Waals surface area (Å²) in [6.07, 6.45) is 3.49. The van der Waals surface area contributed by atoms with E-state index in [4.69, 9.17) is 0 Å². The molecule has 1 heterocycles. The number of hydrogen-bond acceptors (Lipinski definition) is 3. The zero-order chi connectivity index (χ0) is 9.90. The van der Waals surface area contributed by atoms with Gasteiger partial charge in [0.05, 0.1) is 11.5 Å². The minimum atomic E-state index is -2.74. The van der Waals surface area contributed by atoms with Crippen LogP contribution in [0.15, 0.2) is 12.7 Å². The molecule has 1 rings (SSSR count). The smallest absolute Gasteiger partial charge is 0.151 e. The molecule has 1 aliphatic heterocycles. The Balaban J connectivity index is 2.36. The fraction of sp³-hybridized carbons (Fsp3) is 0.778. The van der Waals surface area contributed by atoms with Gasteiger partial charge in [0.1, 0.15) is 0 Å². The molecular weight excluding hydrogens is 186 g/mol. The maximum atomic E-state index is 11.1. The lowest BCUT2D eigenvalue weighted by molar-refractivity contribution is 0.474. The van der Waals surface area contributed by atoms with Crippen LogP contribution < -0.4 is 5.32 Å². The molecule has 4 heteroatoms. The Morgan fingerprint density at radius 1 is 1.69 bits per heavy atom. The Kier molecular flexibility index (Phi) is 3.50. The molecule has 0 saturated carbocycles. The molecule has 0 amide bonds. The van der Waals surface area contributed by atoms with E-state index in [1.807, 2.05) is 13.0 Å². The van der Waals surface area contributed by atoms with Crippen molar-refractivity contribution >= 4 is 9.84 Å². The van der Waals surface area contributed by atoms with E-state index >= 15 is 0 Å². The van der Waals surface area contributed by atoms with Crippen molar-refractivity contribution in [3.63, 3.8) is 0 Å². The monoisotopic (exact) mass is 203 g/mol. The van der Waals surface area contributed by atoms with E-state index in [1.54, 1.807) is 0 Å². The Bertz CT molecular complexity index is 271. The highest BCUT2D eigenvalue weighted by Crippen LogP contribution is 2.12. The van der Waals surface area contributed by atoms with E-state index < -0.39 is 9.84 Å².